The maximum atomic E-state index is 12.2. The van der Waals surface area contributed by atoms with Gasteiger partial charge in [0.05, 0.1) is 9.85 Å². The summed E-state index contributed by atoms with van der Waals surface area (Å²) in [5, 5.41) is 25.0. The molecule has 1 fully saturated rings. The van der Waals surface area contributed by atoms with E-state index in [2.05, 4.69) is 5.32 Å². The third kappa shape index (κ3) is 4.20. The number of carbonyl (C=O) groups excluding carboxylic acids is 1. The topological polar surface area (TPSA) is 119 Å². The van der Waals surface area contributed by atoms with E-state index in [0.717, 1.165) is 6.07 Å². The molecule has 1 N–H and O–H groups in total. The average molecular weight is 370 g/mol. The third-order valence-electron chi connectivity index (χ3n) is 4.58. The van der Waals surface area contributed by atoms with Crippen molar-refractivity contribution in [2.75, 3.05) is 18.0 Å². The summed E-state index contributed by atoms with van der Waals surface area (Å²) in [6.45, 7) is 1.18. The van der Waals surface area contributed by atoms with E-state index in [1.807, 2.05) is 11.0 Å². The van der Waals surface area contributed by atoms with E-state index in [1.165, 1.54) is 12.1 Å². The molecule has 1 aliphatic rings. The minimum Gasteiger partial charge on any atom is -0.371 e. The molecular formula is C18H18N4O5. The van der Waals surface area contributed by atoms with Gasteiger partial charge in [0.1, 0.15) is 0 Å². The van der Waals surface area contributed by atoms with Crippen LogP contribution in [0.4, 0.5) is 17.1 Å². The first kappa shape index (κ1) is 18.3. The fraction of sp³-hybridized carbons (Fsp3) is 0.278. The smallest absolute Gasteiger partial charge is 0.348 e. The van der Waals surface area contributed by atoms with E-state index in [4.69, 9.17) is 0 Å². The fourth-order valence-electron chi connectivity index (χ4n) is 3.15. The lowest BCUT2D eigenvalue weighted by Crippen LogP contribution is -2.44. The lowest BCUT2D eigenvalue weighted by molar-refractivity contribution is -0.422. The van der Waals surface area contributed by atoms with Crippen molar-refractivity contribution in [3.63, 3.8) is 0 Å². The number of hydrogen-bond acceptors (Lipinski definition) is 6. The highest BCUT2D eigenvalue weighted by molar-refractivity contribution is 5.94. The minimum atomic E-state index is -0.757. The van der Waals surface area contributed by atoms with Crippen molar-refractivity contribution in [1.29, 1.82) is 0 Å². The van der Waals surface area contributed by atoms with Gasteiger partial charge in [0.15, 0.2) is 0 Å². The summed E-state index contributed by atoms with van der Waals surface area (Å²) in [4.78, 5) is 34.7. The zero-order valence-electron chi connectivity index (χ0n) is 14.4. The second-order valence-electron chi connectivity index (χ2n) is 6.29. The molecule has 0 aromatic heterocycles. The molecule has 0 aliphatic carbocycles. The second-order valence-corrected chi connectivity index (χ2v) is 6.29. The summed E-state index contributed by atoms with van der Waals surface area (Å²) < 4.78 is 0. The zero-order chi connectivity index (χ0) is 19.4. The summed E-state index contributed by atoms with van der Waals surface area (Å²) >= 11 is 0. The van der Waals surface area contributed by atoms with E-state index in [-0.39, 0.29) is 11.9 Å². The molecule has 9 nitrogen and oxygen atoms in total. The van der Waals surface area contributed by atoms with Crippen LogP contribution in [0.1, 0.15) is 23.2 Å². The molecule has 0 unspecified atom stereocenters. The van der Waals surface area contributed by atoms with Gasteiger partial charge in [-0.2, -0.15) is 0 Å². The van der Waals surface area contributed by atoms with E-state index in [1.54, 1.807) is 24.3 Å². The number of anilines is 1. The Hall–Kier alpha value is -3.49. The third-order valence-corrected chi connectivity index (χ3v) is 4.58. The number of hydrogen-bond donors (Lipinski definition) is 1. The molecule has 0 bridgehead atoms. The molecule has 0 saturated carbocycles. The Morgan fingerprint density at radius 1 is 0.963 bits per heavy atom. The Morgan fingerprint density at radius 2 is 1.59 bits per heavy atom. The maximum absolute atomic E-state index is 12.2. The monoisotopic (exact) mass is 370 g/mol. The molecule has 1 heterocycles. The van der Waals surface area contributed by atoms with Gasteiger partial charge in [-0.05, 0) is 31.0 Å². The largest absolute Gasteiger partial charge is 0.371 e. The van der Waals surface area contributed by atoms with Crippen molar-refractivity contribution in [2.45, 2.75) is 18.9 Å². The van der Waals surface area contributed by atoms with Gasteiger partial charge < -0.3 is 10.2 Å². The van der Waals surface area contributed by atoms with E-state index < -0.39 is 21.2 Å². The SMILES string of the molecule is O=C(NC1CCN(c2ccc([N+](=O)[O-])c([N+](=O)[O-])c2)CC1)c1ccccc1. The highest BCUT2D eigenvalue weighted by atomic mass is 16.6. The molecule has 0 radical (unpaired) electrons. The van der Waals surface area contributed by atoms with Gasteiger partial charge in [-0.25, -0.2) is 0 Å². The number of nitro groups is 2. The van der Waals surface area contributed by atoms with Crippen LogP contribution in [-0.4, -0.2) is 34.9 Å². The van der Waals surface area contributed by atoms with Crippen molar-refractivity contribution in [2.24, 2.45) is 0 Å². The van der Waals surface area contributed by atoms with Crippen molar-refractivity contribution in [1.82, 2.24) is 5.32 Å². The molecule has 1 saturated heterocycles. The Labute approximate surface area is 154 Å². The first-order valence-electron chi connectivity index (χ1n) is 8.49. The summed E-state index contributed by atoms with van der Waals surface area (Å²) in [5.41, 5.74) is 0.136. The molecule has 0 spiro atoms. The quantitative estimate of drug-likeness (QED) is 0.638. The lowest BCUT2D eigenvalue weighted by atomic mass is 10.0. The van der Waals surface area contributed by atoms with E-state index in [9.17, 15) is 25.0 Å². The van der Waals surface area contributed by atoms with Crippen molar-refractivity contribution < 1.29 is 14.6 Å². The zero-order valence-corrected chi connectivity index (χ0v) is 14.4. The van der Waals surface area contributed by atoms with Crippen molar-refractivity contribution >= 4 is 23.0 Å². The Morgan fingerprint density at radius 3 is 2.19 bits per heavy atom. The average Bonchev–Trinajstić information content (AvgIpc) is 2.68. The van der Waals surface area contributed by atoms with Gasteiger partial charge in [-0.3, -0.25) is 25.0 Å². The first-order valence-corrected chi connectivity index (χ1v) is 8.49. The van der Waals surface area contributed by atoms with Crippen LogP contribution in [0, 0.1) is 20.2 Å². The van der Waals surface area contributed by atoms with Gasteiger partial charge in [-0.1, -0.05) is 18.2 Å². The maximum Gasteiger partial charge on any atom is 0.348 e. The van der Waals surface area contributed by atoms with Crippen LogP contribution in [0.5, 0.6) is 0 Å². The molecule has 1 aliphatic heterocycles. The molecule has 9 heteroatoms. The van der Waals surface area contributed by atoms with Crippen molar-refractivity contribution in [3.8, 4) is 0 Å². The van der Waals surface area contributed by atoms with Gasteiger partial charge >= 0.3 is 11.4 Å². The number of rotatable bonds is 5. The number of piperidine rings is 1. The molecule has 140 valence electrons. The molecular weight excluding hydrogens is 352 g/mol. The Balaban J connectivity index is 1.64. The summed E-state index contributed by atoms with van der Waals surface area (Å²) in [6, 6.07) is 12.9. The van der Waals surface area contributed by atoms with Crippen LogP contribution in [0.25, 0.3) is 0 Å². The number of carbonyl (C=O) groups is 1. The standard InChI is InChI=1S/C18H18N4O5/c23-18(13-4-2-1-3-5-13)19-14-8-10-20(11-9-14)15-6-7-16(21(24)25)17(12-15)22(26)27/h1-7,12,14H,8-11H2,(H,19,23). The molecule has 2 aromatic carbocycles. The number of amides is 1. The molecule has 1 amide bonds. The van der Waals surface area contributed by atoms with Crippen LogP contribution in [0.15, 0.2) is 48.5 Å². The predicted molar refractivity (Wildman–Crippen MR) is 98.9 cm³/mol. The van der Waals surface area contributed by atoms with Gasteiger partial charge in [0.25, 0.3) is 5.91 Å². The summed E-state index contributed by atoms with van der Waals surface area (Å²) in [6.07, 6.45) is 1.37. The number of nitro benzene ring substituents is 2. The normalized spacial score (nSPS) is 14.6. The van der Waals surface area contributed by atoms with Crippen LogP contribution >= 0.6 is 0 Å². The minimum absolute atomic E-state index is 0.0157. The predicted octanol–water partition coefficient (Wildman–Crippen LogP) is 2.90. The van der Waals surface area contributed by atoms with Crippen LogP contribution in [0.2, 0.25) is 0 Å². The number of nitrogens with zero attached hydrogens (tertiary/aromatic N) is 3. The molecule has 0 atom stereocenters. The highest BCUT2D eigenvalue weighted by Gasteiger charge is 2.27. The molecule has 2 aromatic rings. The van der Waals surface area contributed by atoms with E-state index in [0.29, 0.717) is 37.2 Å². The lowest BCUT2D eigenvalue weighted by Gasteiger charge is -2.33. The van der Waals surface area contributed by atoms with Crippen LogP contribution < -0.4 is 10.2 Å². The van der Waals surface area contributed by atoms with Gasteiger partial charge in [-0.15, -0.1) is 0 Å². The second kappa shape index (κ2) is 7.81. The Kier molecular flexibility index (Phi) is 5.30. The molecule has 3 rings (SSSR count). The Bertz CT molecular complexity index is 863. The number of benzene rings is 2. The van der Waals surface area contributed by atoms with E-state index >= 15 is 0 Å². The number of nitrogens with one attached hydrogen (secondary N) is 1. The van der Waals surface area contributed by atoms with Crippen LogP contribution in [0.3, 0.4) is 0 Å². The molecule has 27 heavy (non-hydrogen) atoms. The highest BCUT2D eigenvalue weighted by Crippen LogP contribution is 2.32. The summed E-state index contributed by atoms with van der Waals surface area (Å²) in [5.74, 6) is -0.125. The van der Waals surface area contributed by atoms with Crippen LogP contribution in [-0.2, 0) is 0 Å². The fourth-order valence-corrected chi connectivity index (χ4v) is 3.15. The van der Waals surface area contributed by atoms with Gasteiger partial charge in [0, 0.05) is 42.5 Å². The van der Waals surface area contributed by atoms with Gasteiger partial charge in [0.2, 0.25) is 0 Å². The van der Waals surface area contributed by atoms with Crippen molar-refractivity contribution in [3.05, 3.63) is 74.3 Å². The summed E-state index contributed by atoms with van der Waals surface area (Å²) in [7, 11) is 0. The first-order chi connectivity index (χ1) is 13.0.